The van der Waals surface area contributed by atoms with Gasteiger partial charge in [-0.15, -0.1) is 0 Å². The number of carbonyl (C=O) groups is 1. The van der Waals surface area contributed by atoms with Gasteiger partial charge in [0.25, 0.3) is 5.91 Å². The third kappa shape index (κ3) is 4.27. The van der Waals surface area contributed by atoms with Crippen molar-refractivity contribution < 1.29 is 9.53 Å². The van der Waals surface area contributed by atoms with Crippen LogP contribution in [-0.2, 0) is 6.54 Å². The van der Waals surface area contributed by atoms with Gasteiger partial charge in [0.2, 0.25) is 5.88 Å². The Hall–Kier alpha value is -3.42. The van der Waals surface area contributed by atoms with Gasteiger partial charge in [0.15, 0.2) is 5.82 Å². The smallest absolute Gasteiger partial charge is 0.253 e. The average Bonchev–Trinajstić information content (AvgIpc) is 3.10. The fraction of sp³-hybridized carbons (Fsp3) is 0.364. The van der Waals surface area contributed by atoms with Crippen molar-refractivity contribution in [1.82, 2.24) is 24.6 Å². The molecular formula is C22H26N6O2. The highest BCUT2D eigenvalue weighted by molar-refractivity contribution is 5.94. The first kappa shape index (κ1) is 19.9. The van der Waals surface area contributed by atoms with Crippen LogP contribution in [-0.4, -0.2) is 63.8 Å². The normalized spacial score (nSPS) is 14.1. The highest BCUT2D eigenvalue weighted by Gasteiger charge is 2.23. The number of aromatic nitrogens is 4. The zero-order chi connectivity index (χ0) is 21.1. The van der Waals surface area contributed by atoms with Crippen LogP contribution in [0.25, 0.3) is 0 Å². The third-order valence-corrected chi connectivity index (χ3v) is 5.34. The molecule has 2 aromatic heterocycles. The van der Waals surface area contributed by atoms with Crippen LogP contribution >= 0.6 is 0 Å². The second kappa shape index (κ2) is 8.52. The number of benzene rings is 1. The minimum Gasteiger partial charge on any atom is -0.480 e. The molecule has 0 aliphatic carbocycles. The molecule has 1 saturated heterocycles. The van der Waals surface area contributed by atoms with Crippen LogP contribution in [0.3, 0.4) is 0 Å². The van der Waals surface area contributed by atoms with Crippen molar-refractivity contribution in [1.29, 1.82) is 0 Å². The molecule has 30 heavy (non-hydrogen) atoms. The molecule has 3 aromatic rings. The van der Waals surface area contributed by atoms with Crippen LogP contribution in [0.5, 0.6) is 5.88 Å². The summed E-state index contributed by atoms with van der Waals surface area (Å²) in [7, 11) is 1.58. The molecule has 1 aliphatic rings. The zero-order valence-corrected chi connectivity index (χ0v) is 17.6. The van der Waals surface area contributed by atoms with E-state index in [1.165, 1.54) is 0 Å². The van der Waals surface area contributed by atoms with Gasteiger partial charge in [0.1, 0.15) is 0 Å². The number of anilines is 1. The Balaban J connectivity index is 1.36. The summed E-state index contributed by atoms with van der Waals surface area (Å²) in [5.74, 6) is 1.32. The number of hydrogen-bond donors (Lipinski definition) is 0. The van der Waals surface area contributed by atoms with Gasteiger partial charge in [-0.05, 0) is 37.6 Å². The van der Waals surface area contributed by atoms with Crippen LogP contribution in [0.2, 0.25) is 0 Å². The molecule has 4 rings (SSSR count). The number of methoxy groups -OCH3 is 1. The lowest BCUT2D eigenvalue weighted by Crippen LogP contribution is -2.49. The third-order valence-electron chi connectivity index (χ3n) is 5.34. The molecule has 0 bridgehead atoms. The highest BCUT2D eigenvalue weighted by Crippen LogP contribution is 2.17. The summed E-state index contributed by atoms with van der Waals surface area (Å²) in [6, 6.07) is 9.89. The average molecular weight is 406 g/mol. The van der Waals surface area contributed by atoms with Crippen LogP contribution in [0.15, 0.2) is 42.7 Å². The first-order valence-corrected chi connectivity index (χ1v) is 10.0. The number of carbonyl (C=O) groups excluding carboxylic acids is 1. The molecule has 0 N–H and O–H groups in total. The number of ether oxygens (including phenoxy) is 1. The summed E-state index contributed by atoms with van der Waals surface area (Å²) in [6.45, 7) is 7.46. The van der Waals surface area contributed by atoms with Gasteiger partial charge in [-0.1, -0.05) is 12.1 Å². The van der Waals surface area contributed by atoms with Gasteiger partial charge in [0, 0.05) is 37.4 Å². The molecular weight excluding hydrogens is 380 g/mol. The molecule has 8 nitrogen and oxygen atoms in total. The Morgan fingerprint density at radius 1 is 1.07 bits per heavy atom. The molecule has 156 valence electrons. The Kier molecular flexibility index (Phi) is 5.65. The van der Waals surface area contributed by atoms with E-state index in [4.69, 9.17) is 4.74 Å². The molecule has 1 fully saturated rings. The number of nitrogens with zero attached hydrogens (tertiary/aromatic N) is 6. The van der Waals surface area contributed by atoms with Crippen molar-refractivity contribution in [3.63, 3.8) is 0 Å². The van der Waals surface area contributed by atoms with Gasteiger partial charge >= 0.3 is 0 Å². The maximum atomic E-state index is 12.9. The predicted octanol–water partition coefficient (Wildman–Crippen LogP) is 2.31. The largest absolute Gasteiger partial charge is 0.480 e. The minimum atomic E-state index is 0.0593. The highest BCUT2D eigenvalue weighted by atomic mass is 16.5. The van der Waals surface area contributed by atoms with E-state index in [-0.39, 0.29) is 5.91 Å². The first-order chi connectivity index (χ1) is 14.5. The molecule has 0 saturated carbocycles. The van der Waals surface area contributed by atoms with Crippen molar-refractivity contribution in [3.05, 3.63) is 65.2 Å². The molecule has 8 heteroatoms. The van der Waals surface area contributed by atoms with Crippen LogP contribution in [0.4, 0.5) is 5.82 Å². The molecule has 1 amide bonds. The standard InChI is InChI=1S/C22H26N6O2/c1-16-12-17(2)28(25-16)15-18-4-6-19(7-5-18)22(29)27-10-8-26(9-11-27)20-13-23-14-21(24-20)30-3/h4-7,12-14H,8-11,15H2,1-3H3. The Morgan fingerprint density at radius 2 is 1.80 bits per heavy atom. The summed E-state index contributed by atoms with van der Waals surface area (Å²) in [5, 5.41) is 4.50. The van der Waals surface area contributed by atoms with E-state index in [0.29, 0.717) is 44.2 Å². The monoisotopic (exact) mass is 406 g/mol. The van der Waals surface area contributed by atoms with E-state index in [2.05, 4.69) is 33.0 Å². The Morgan fingerprint density at radius 3 is 2.43 bits per heavy atom. The van der Waals surface area contributed by atoms with E-state index in [9.17, 15) is 4.79 Å². The zero-order valence-electron chi connectivity index (χ0n) is 17.6. The molecule has 1 aliphatic heterocycles. The predicted molar refractivity (Wildman–Crippen MR) is 114 cm³/mol. The number of hydrogen-bond acceptors (Lipinski definition) is 6. The fourth-order valence-electron chi connectivity index (χ4n) is 3.67. The number of amides is 1. The second-order valence-electron chi connectivity index (χ2n) is 7.48. The van der Waals surface area contributed by atoms with E-state index < -0.39 is 0 Å². The van der Waals surface area contributed by atoms with E-state index >= 15 is 0 Å². The van der Waals surface area contributed by atoms with Crippen LogP contribution < -0.4 is 9.64 Å². The SMILES string of the molecule is COc1cncc(N2CCN(C(=O)c3ccc(Cn4nc(C)cc4C)cc3)CC2)n1. The van der Waals surface area contributed by atoms with E-state index in [1.807, 2.05) is 40.8 Å². The van der Waals surface area contributed by atoms with Crippen LogP contribution in [0.1, 0.15) is 27.3 Å². The van der Waals surface area contributed by atoms with Crippen molar-refractivity contribution >= 4 is 11.7 Å². The summed E-state index contributed by atoms with van der Waals surface area (Å²) < 4.78 is 7.13. The Bertz CT molecular complexity index is 1020. The second-order valence-corrected chi connectivity index (χ2v) is 7.48. The fourth-order valence-corrected chi connectivity index (χ4v) is 3.67. The maximum absolute atomic E-state index is 12.9. The maximum Gasteiger partial charge on any atom is 0.253 e. The summed E-state index contributed by atoms with van der Waals surface area (Å²) in [6.07, 6.45) is 3.31. The molecule has 0 radical (unpaired) electrons. The lowest BCUT2D eigenvalue weighted by atomic mass is 10.1. The van der Waals surface area contributed by atoms with Gasteiger partial charge in [-0.25, -0.2) is 0 Å². The number of piperazine rings is 1. The lowest BCUT2D eigenvalue weighted by molar-refractivity contribution is 0.0746. The molecule has 1 aromatic carbocycles. The molecule has 0 unspecified atom stereocenters. The van der Waals surface area contributed by atoms with Crippen LogP contribution in [0, 0.1) is 13.8 Å². The molecule has 3 heterocycles. The minimum absolute atomic E-state index is 0.0593. The van der Waals surface area contributed by atoms with Crippen molar-refractivity contribution in [3.8, 4) is 5.88 Å². The van der Waals surface area contributed by atoms with Crippen molar-refractivity contribution in [2.45, 2.75) is 20.4 Å². The number of aryl methyl sites for hydroxylation is 2. The van der Waals surface area contributed by atoms with Crippen molar-refractivity contribution in [2.24, 2.45) is 0 Å². The molecule has 0 spiro atoms. The van der Waals surface area contributed by atoms with Gasteiger partial charge in [-0.2, -0.15) is 10.1 Å². The summed E-state index contributed by atoms with van der Waals surface area (Å²) >= 11 is 0. The van der Waals surface area contributed by atoms with Gasteiger partial charge in [0.05, 0.1) is 31.7 Å². The first-order valence-electron chi connectivity index (χ1n) is 10.0. The Labute approximate surface area is 176 Å². The van der Waals surface area contributed by atoms with Gasteiger partial charge < -0.3 is 14.5 Å². The summed E-state index contributed by atoms with van der Waals surface area (Å²) in [4.78, 5) is 25.5. The van der Waals surface area contributed by atoms with E-state index in [1.54, 1.807) is 19.5 Å². The van der Waals surface area contributed by atoms with E-state index in [0.717, 1.165) is 22.8 Å². The topological polar surface area (TPSA) is 76.4 Å². The lowest BCUT2D eigenvalue weighted by Gasteiger charge is -2.35. The quantitative estimate of drug-likeness (QED) is 0.647. The number of rotatable bonds is 5. The van der Waals surface area contributed by atoms with Crippen molar-refractivity contribution in [2.75, 3.05) is 38.2 Å². The van der Waals surface area contributed by atoms with Gasteiger partial charge in [-0.3, -0.25) is 14.5 Å². The molecule has 0 atom stereocenters. The summed E-state index contributed by atoms with van der Waals surface area (Å²) in [5.41, 5.74) is 3.98.